The summed E-state index contributed by atoms with van der Waals surface area (Å²) in [7, 11) is 0. The van der Waals surface area contributed by atoms with E-state index < -0.39 is 0 Å². The van der Waals surface area contributed by atoms with Crippen molar-refractivity contribution in [3.63, 3.8) is 0 Å². The summed E-state index contributed by atoms with van der Waals surface area (Å²) in [5.74, 6) is 1.26. The standard InChI is InChI=1S/C20H20N4O3/c1-14-6-5-11-23(13-14)17-10-9-16(12-18(17)24(25)26)20-21-19(22-27-20)15-7-3-2-4-8-15/h2-4,7-10,12,14H,5-6,11,13H2,1H3. The molecule has 1 aliphatic heterocycles. The molecule has 0 radical (unpaired) electrons. The number of benzene rings is 2. The predicted octanol–water partition coefficient (Wildman–Crippen LogP) is 4.55. The molecule has 2 heterocycles. The zero-order valence-corrected chi connectivity index (χ0v) is 15.0. The van der Waals surface area contributed by atoms with Crippen LogP contribution in [0.4, 0.5) is 11.4 Å². The van der Waals surface area contributed by atoms with Crippen LogP contribution >= 0.6 is 0 Å². The summed E-state index contributed by atoms with van der Waals surface area (Å²) in [6.07, 6.45) is 2.21. The van der Waals surface area contributed by atoms with Gasteiger partial charge in [-0.3, -0.25) is 10.1 Å². The van der Waals surface area contributed by atoms with E-state index in [2.05, 4.69) is 22.0 Å². The molecule has 1 saturated heterocycles. The van der Waals surface area contributed by atoms with Crippen molar-refractivity contribution < 1.29 is 9.45 Å². The molecule has 7 heteroatoms. The van der Waals surface area contributed by atoms with Gasteiger partial charge in [-0.2, -0.15) is 4.98 Å². The molecule has 138 valence electrons. The first-order valence-corrected chi connectivity index (χ1v) is 9.04. The van der Waals surface area contributed by atoms with E-state index in [4.69, 9.17) is 4.52 Å². The molecular weight excluding hydrogens is 344 g/mol. The van der Waals surface area contributed by atoms with Crippen molar-refractivity contribution in [2.45, 2.75) is 19.8 Å². The quantitative estimate of drug-likeness (QED) is 0.499. The maximum absolute atomic E-state index is 11.7. The second kappa shape index (κ2) is 7.19. The molecule has 1 aromatic heterocycles. The van der Waals surface area contributed by atoms with Crippen molar-refractivity contribution in [3.8, 4) is 22.8 Å². The van der Waals surface area contributed by atoms with Crippen LogP contribution in [0.1, 0.15) is 19.8 Å². The highest BCUT2D eigenvalue weighted by molar-refractivity contribution is 5.71. The van der Waals surface area contributed by atoms with Crippen LogP contribution in [-0.2, 0) is 0 Å². The summed E-state index contributed by atoms with van der Waals surface area (Å²) in [4.78, 5) is 17.8. The Morgan fingerprint density at radius 1 is 1.19 bits per heavy atom. The molecule has 1 fully saturated rings. The normalized spacial score (nSPS) is 17.1. The van der Waals surface area contributed by atoms with E-state index in [9.17, 15) is 10.1 Å². The van der Waals surface area contributed by atoms with E-state index in [1.54, 1.807) is 6.07 Å². The smallest absolute Gasteiger partial charge is 0.293 e. The van der Waals surface area contributed by atoms with Crippen LogP contribution in [0.5, 0.6) is 0 Å². The van der Waals surface area contributed by atoms with E-state index in [0.29, 0.717) is 23.0 Å². The Hall–Kier alpha value is -3.22. The zero-order chi connectivity index (χ0) is 18.8. The predicted molar refractivity (Wildman–Crippen MR) is 102 cm³/mol. The first-order chi connectivity index (χ1) is 13.1. The molecule has 2 aromatic carbocycles. The number of hydrogen-bond acceptors (Lipinski definition) is 6. The van der Waals surface area contributed by atoms with Crippen molar-refractivity contribution in [2.75, 3.05) is 18.0 Å². The molecule has 1 atom stereocenters. The van der Waals surface area contributed by atoms with Crippen LogP contribution in [-0.4, -0.2) is 28.2 Å². The van der Waals surface area contributed by atoms with Gasteiger partial charge in [-0.15, -0.1) is 0 Å². The maximum atomic E-state index is 11.7. The van der Waals surface area contributed by atoms with Gasteiger partial charge in [-0.05, 0) is 30.9 Å². The van der Waals surface area contributed by atoms with Gasteiger partial charge < -0.3 is 9.42 Å². The summed E-state index contributed by atoms with van der Waals surface area (Å²) in [6, 6.07) is 14.6. The lowest BCUT2D eigenvalue weighted by Gasteiger charge is -2.32. The second-order valence-corrected chi connectivity index (χ2v) is 6.94. The highest BCUT2D eigenvalue weighted by Gasteiger charge is 2.25. The third-order valence-electron chi connectivity index (χ3n) is 4.87. The second-order valence-electron chi connectivity index (χ2n) is 6.94. The van der Waals surface area contributed by atoms with E-state index in [1.807, 2.05) is 36.4 Å². The van der Waals surface area contributed by atoms with E-state index in [0.717, 1.165) is 31.5 Å². The minimum atomic E-state index is -0.341. The molecular formula is C20H20N4O3. The molecule has 1 aliphatic rings. The minimum absolute atomic E-state index is 0.0704. The van der Waals surface area contributed by atoms with Crippen LogP contribution in [0, 0.1) is 16.0 Å². The Morgan fingerprint density at radius 2 is 2.00 bits per heavy atom. The summed E-state index contributed by atoms with van der Waals surface area (Å²) >= 11 is 0. The van der Waals surface area contributed by atoms with Crippen LogP contribution in [0.2, 0.25) is 0 Å². The number of anilines is 1. The highest BCUT2D eigenvalue weighted by atomic mass is 16.6. The SMILES string of the molecule is CC1CCCN(c2ccc(-c3nc(-c4ccccc4)no3)cc2[N+](=O)[O-])C1. The fourth-order valence-corrected chi connectivity index (χ4v) is 3.52. The summed E-state index contributed by atoms with van der Waals surface area (Å²) in [5.41, 5.74) is 2.10. The molecule has 0 saturated carbocycles. The Labute approximate surface area is 156 Å². The Kier molecular flexibility index (Phi) is 4.58. The largest absolute Gasteiger partial charge is 0.366 e. The van der Waals surface area contributed by atoms with Crippen molar-refractivity contribution >= 4 is 11.4 Å². The van der Waals surface area contributed by atoms with Crippen LogP contribution < -0.4 is 4.90 Å². The molecule has 27 heavy (non-hydrogen) atoms. The first kappa shape index (κ1) is 17.2. The highest BCUT2D eigenvalue weighted by Crippen LogP contribution is 2.35. The van der Waals surface area contributed by atoms with Gasteiger partial charge in [0, 0.05) is 30.3 Å². The van der Waals surface area contributed by atoms with E-state index in [-0.39, 0.29) is 16.5 Å². The van der Waals surface area contributed by atoms with Crippen LogP contribution in [0.15, 0.2) is 53.1 Å². The van der Waals surface area contributed by atoms with E-state index >= 15 is 0 Å². The number of nitrogens with zero attached hydrogens (tertiary/aromatic N) is 4. The van der Waals surface area contributed by atoms with Gasteiger partial charge in [0.1, 0.15) is 5.69 Å². The average Bonchev–Trinajstić information content (AvgIpc) is 3.18. The lowest BCUT2D eigenvalue weighted by Crippen LogP contribution is -2.34. The number of hydrogen-bond donors (Lipinski definition) is 0. The van der Waals surface area contributed by atoms with Gasteiger partial charge in [0.25, 0.3) is 11.6 Å². The molecule has 0 aliphatic carbocycles. The summed E-state index contributed by atoms with van der Waals surface area (Å²) < 4.78 is 5.34. The third-order valence-corrected chi connectivity index (χ3v) is 4.87. The molecule has 3 aromatic rings. The molecule has 0 bridgehead atoms. The van der Waals surface area contributed by atoms with Gasteiger partial charge in [-0.1, -0.05) is 42.4 Å². The lowest BCUT2D eigenvalue weighted by atomic mass is 9.99. The van der Waals surface area contributed by atoms with Crippen LogP contribution in [0.25, 0.3) is 22.8 Å². The van der Waals surface area contributed by atoms with Crippen molar-refractivity contribution in [2.24, 2.45) is 5.92 Å². The Bertz CT molecular complexity index is 955. The van der Waals surface area contributed by atoms with Crippen molar-refractivity contribution in [1.29, 1.82) is 0 Å². The fourth-order valence-electron chi connectivity index (χ4n) is 3.52. The Morgan fingerprint density at radius 3 is 2.74 bits per heavy atom. The molecule has 4 rings (SSSR count). The minimum Gasteiger partial charge on any atom is -0.366 e. The zero-order valence-electron chi connectivity index (χ0n) is 15.0. The molecule has 7 nitrogen and oxygen atoms in total. The van der Waals surface area contributed by atoms with Gasteiger partial charge in [0.15, 0.2) is 0 Å². The van der Waals surface area contributed by atoms with Gasteiger partial charge in [-0.25, -0.2) is 0 Å². The van der Waals surface area contributed by atoms with Crippen molar-refractivity contribution in [3.05, 3.63) is 58.6 Å². The summed E-state index contributed by atoms with van der Waals surface area (Å²) in [5, 5.41) is 15.7. The van der Waals surface area contributed by atoms with E-state index in [1.165, 1.54) is 6.07 Å². The number of nitro groups is 1. The number of piperidine rings is 1. The summed E-state index contributed by atoms with van der Waals surface area (Å²) in [6.45, 7) is 3.85. The number of nitro benzene ring substituents is 1. The van der Waals surface area contributed by atoms with Gasteiger partial charge in [0.05, 0.1) is 4.92 Å². The molecule has 1 unspecified atom stereocenters. The van der Waals surface area contributed by atoms with Crippen molar-refractivity contribution in [1.82, 2.24) is 10.1 Å². The monoisotopic (exact) mass is 364 g/mol. The molecule has 0 spiro atoms. The Balaban J connectivity index is 1.67. The fraction of sp³-hybridized carbons (Fsp3) is 0.300. The molecule has 0 amide bonds. The first-order valence-electron chi connectivity index (χ1n) is 9.04. The number of rotatable bonds is 4. The molecule has 0 N–H and O–H groups in total. The average molecular weight is 364 g/mol. The third kappa shape index (κ3) is 3.53. The maximum Gasteiger partial charge on any atom is 0.293 e. The lowest BCUT2D eigenvalue weighted by molar-refractivity contribution is -0.384. The van der Waals surface area contributed by atoms with Gasteiger partial charge >= 0.3 is 0 Å². The van der Waals surface area contributed by atoms with Gasteiger partial charge in [0.2, 0.25) is 5.82 Å². The van der Waals surface area contributed by atoms with Crippen LogP contribution in [0.3, 0.4) is 0 Å². The topological polar surface area (TPSA) is 85.3 Å². The number of aromatic nitrogens is 2.